The molecule has 0 atom stereocenters. The van der Waals surface area contributed by atoms with Crippen molar-refractivity contribution in [3.63, 3.8) is 0 Å². The monoisotopic (exact) mass is 384 g/mol. The third kappa shape index (κ3) is 5.47. The van der Waals surface area contributed by atoms with E-state index in [0.29, 0.717) is 6.61 Å². The minimum absolute atomic E-state index is 0.698. The van der Waals surface area contributed by atoms with Gasteiger partial charge < -0.3 is 14.7 Å². The van der Waals surface area contributed by atoms with Crippen LogP contribution in [-0.4, -0.2) is 61.8 Å². The fraction of sp³-hybridized carbons (Fsp3) is 0.583. The number of aliphatic hydroxyl groups is 1. The van der Waals surface area contributed by atoms with Crippen LogP contribution in [0.3, 0.4) is 0 Å². The molecule has 0 unspecified atom stereocenters. The molecule has 0 amide bonds. The Labute approximate surface area is 170 Å². The Bertz CT molecular complexity index is 723. The van der Waals surface area contributed by atoms with E-state index >= 15 is 0 Å². The lowest BCUT2D eigenvalue weighted by atomic mass is 9.90. The van der Waals surface area contributed by atoms with Crippen molar-refractivity contribution in [1.82, 2.24) is 9.80 Å². The second-order valence-corrected chi connectivity index (χ2v) is 8.82. The summed E-state index contributed by atoms with van der Waals surface area (Å²) in [5, 5.41) is 10.5. The fourth-order valence-electron chi connectivity index (χ4n) is 3.96. The van der Waals surface area contributed by atoms with Crippen molar-refractivity contribution in [2.75, 3.05) is 46.9 Å². The summed E-state index contributed by atoms with van der Waals surface area (Å²) in [5.41, 5.74) is 3.83. The average molecular weight is 385 g/mol. The number of ether oxygens (including phenoxy) is 1. The molecule has 0 aromatic heterocycles. The van der Waals surface area contributed by atoms with Crippen LogP contribution >= 0.6 is 0 Å². The summed E-state index contributed by atoms with van der Waals surface area (Å²) < 4.78 is 6.09. The average Bonchev–Trinajstić information content (AvgIpc) is 3.08. The van der Waals surface area contributed by atoms with Crippen LogP contribution < -0.4 is 4.74 Å². The lowest BCUT2D eigenvalue weighted by Crippen LogP contribution is -2.19. The van der Waals surface area contributed by atoms with Crippen LogP contribution in [0.2, 0.25) is 0 Å². The van der Waals surface area contributed by atoms with Gasteiger partial charge in [-0.3, -0.25) is 4.90 Å². The van der Waals surface area contributed by atoms with Crippen molar-refractivity contribution in [2.24, 2.45) is 0 Å². The first-order chi connectivity index (χ1) is 13.3. The molecular weight excluding hydrogens is 348 g/mol. The van der Waals surface area contributed by atoms with Crippen molar-refractivity contribution >= 4 is 5.57 Å². The standard InChI is InChI=1S/C24H36N2O2/c1-24(2,27)20-9-10-23-22(18-20)21(11-16-26-14-5-6-15-26)19(12-17-28-23)8-7-13-25(3)4/h8-11,18,27H,5-7,12-17H2,1-4H3/b19-8+,21-11+. The van der Waals surface area contributed by atoms with Gasteiger partial charge in [0.25, 0.3) is 0 Å². The maximum atomic E-state index is 10.5. The maximum absolute atomic E-state index is 10.5. The predicted octanol–water partition coefficient (Wildman–Crippen LogP) is 4.05. The number of allylic oxidation sites excluding steroid dienone is 1. The smallest absolute Gasteiger partial charge is 0.127 e. The molecule has 0 aliphatic carbocycles. The lowest BCUT2D eigenvalue weighted by Gasteiger charge is -2.21. The van der Waals surface area contributed by atoms with Crippen molar-refractivity contribution < 1.29 is 9.84 Å². The van der Waals surface area contributed by atoms with Gasteiger partial charge in [-0.2, -0.15) is 0 Å². The summed E-state index contributed by atoms with van der Waals surface area (Å²) >= 11 is 0. The fourth-order valence-corrected chi connectivity index (χ4v) is 3.96. The molecule has 1 saturated heterocycles. The Morgan fingerprint density at radius 2 is 1.93 bits per heavy atom. The molecule has 1 aromatic rings. The number of benzene rings is 1. The molecule has 1 N–H and O–H groups in total. The van der Waals surface area contributed by atoms with Crippen LogP contribution in [0.1, 0.15) is 50.7 Å². The Morgan fingerprint density at radius 1 is 1.18 bits per heavy atom. The molecule has 4 heteroatoms. The maximum Gasteiger partial charge on any atom is 0.127 e. The van der Waals surface area contributed by atoms with Gasteiger partial charge in [0, 0.05) is 25.1 Å². The number of nitrogens with zero attached hydrogens (tertiary/aromatic N) is 2. The van der Waals surface area contributed by atoms with E-state index in [9.17, 15) is 5.11 Å². The molecule has 2 aliphatic rings. The predicted molar refractivity (Wildman–Crippen MR) is 117 cm³/mol. The molecule has 0 radical (unpaired) electrons. The summed E-state index contributed by atoms with van der Waals surface area (Å²) in [7, 11) is 4.23. The molecule has 0 saturated carbocycles. The number of hydrogen-bond acceptors (Lipinski definition) is 4. The first-order valence-corrected chi connectivity index (χ1v) is 10.6. The molecule has 2 aliphatic heterocycles. The zero-order valence-corrected chi connectivity index (χ0v) is 18.0. The van der Waals surface area contributed by atoms with E-state index in [1.54, 1.807) is 0 Å². The van der Waals surface area contributed by atoms with Gasteiger partial charge in [-0.1, -0.05) is 18.2 Å². The summed E-state index contributed by atoms with van der Waals surface area (Å²) in [6, 6.07) is 6.13. The SMILES string of the molecule is CN(C)CC/C=C1\CCOc2ccc(C(C)(C)O)cc2\C1=C\CN1CCCC1. The first-order valence-electron chi connectivity index (χ1n) is 10.6. The third-order valence-electron chi connectivity index (χ3n) is 5.67. The second-order valence-electron chi connectivity index (χ2n) is 8.82. The summed E-state index contributed by atoms with van der Waals surface area (Å²) in [6.45, 7) is 8.78. The van der Waals surface area contributed by atoms with Gasteiger partial charge in [0.1, 0.15) is 5.75 Å². The van der Waals surface area contributed by atoms with Crippen molar-refractivity contribution in [2.45, 2.75) is 45.1 Å². The minimum Gasteiger partial charge on any atom is -0.493 e. The van der Waals surface area contributed by atoms with Gasteiger partial charge in [-0.25, -0.2) is 0 Å². The summed E-state index contributed by atoms with van der Waals surface area (Å²) in [6.07, 6.45) is 9.32. The quantitative estimate of drug-likeness (QED) is 0.803. The zero-order chi connectivity index (χ0) is 20.1. The van der Waals surface area contributed by atoms with Crippen molar-refractivity contribution in [3.8, 4) is 5.75 Å². The van der Waals surface area contributed by atoms with Crippen LogP contribution in [0.4, 0.5) is 0 Å². The van der Waals surface area contributed by atoms with Gasteiger partial charge in [0.15, 0.2) is 0 Å². The Hall–Kier alpha value is -1.62. The van der Waals surface area contributed by atoms with E-state index in [1.807, 2.05) is 26.0 Å². The van der Waals surface area contributed by atoms with Crippen LogP contribution in [-0.2, 0) is 5.60 Å². The van der Waals surface area contributed by atoms with Gasteiger partial charge in [-0.15, -0.1) is 0 Å². The molecule has 154 valence electrons. The van der Waals surface area contributed by atoms with Crippen LogP contribution in [0, 0.1) is 0 Å². The van der Waals surface area contributed by atoms with Gasteiger partial charge >= 0.3 is 0 Å². The van der Waals surface area contributed by atoms with E-state index in [0.717, 1.165) is 42.8 Å². The number of rotatable bonds is 6. The molecule has 2 heterocycles. The van der Waals surface area contributed by atoms with E-state index in [2.05, 4.69) is 42.1 Å². The van der Waals surface area contributed by atoms with E-state index in [-0.39, 0.29) is 0 Å². The van der Waals surface area contributed by atoms with Crippen molar-refractivity contribution in [3.05, 3.63) is 47.1 Å². The highest BCUT2D eigenvalue weighted by atomic mass is 16.5. The second kappa shape index (κ2) is 9.25. The van der Waals surface area contributed by atoms with Gasteiger partial charge in [0.2, 0.25) is 0 Å². The van der Waals surface area contributed by atoms with Crippen LogP contribution in [0.15, 0.2) is 35.9 Å². The molecule has 4 nitrogen and oxygen atoms in total. The van der Waals surface area contributed by atoms with Crippen LogP contribution in [0.25, 0.3) is 5.57 Å². The Morgan fingerprint density at radius 3 is 2.61 bits per heavy atom. The first kappa shape index (κ1) is 21.1. The van der Waals surface area contributed by atoms with E-state index in [1.165, 1.54) is 37.1 Å². The molecule has 3 rings (SSSR count). The number of likely N-dealkylation sites (tertiary alicyclic amines) is 1. The molecule has 28 heavy (non-hydrogen) atoms. The normalized spacial score (nSPS) is 21.2. The molecule has 1 fully saturated rings. The highest BCUT2D eigenvalue weighted by Crippen LogP contribution is 2.38. The van der Waals surface area contributed by atoms with Crippen LogP contribution in [0.5, 0.6) is 5.75 Å². The van der Waals surface area contributed by atoms with Gasteiger partial charge in [-0.05, 0) is 89.1 Å². The molecule has 0 spiro atoms. The highest BCUT2D eigenvalue weighted by Gasteiger charge is 2.23. The third-order valence-corrected chi connectivity index (χ3v) is 5.67. The molecular formula is C24H36N2O2. The number of fused-ring (bicyclic) bond motifs is 1. The highest BCUT2D eigenvalue weighted by molar-refractivity contribution is 5.83. The largest absolute Gasteiger partial charge is 0.493 e. The van der Waals surface area contributed by atoms with Crippen molar-refractivity contribution in [1.29, 1.82) is 0 Å². The summed E-state index contributed by atoms with van der Waals surface area (Å²) in [4.78, 5) is 4.74. The zero-order valence-electron chi connectivity index (χ0n) is 18.0. The van der Waals surface area contributed by atoms with E-state index in [4.69, 9.17) is 4.74 Å². The van der Waals surface area contributed by atoms with E-state index < -0.39 is 5.60 Å². The molecule has 0 bridgehead atoms. The van der Waals surface area contributed by atoms with Gasteiger partial charge in [0.05, 0.1) is 12.2 Å². The Balaban J connectivity index is 1.98. The minimum atomic E-state index is -0.865. The lowest BCUT2D eigenvalue weighted by molar-refractivity contribution is 0.0785. The summed E-state index contributed by atoms with van der Waals surface area (Å²) in [5.74, 6) is 0.927. The topological polar surface area (TPSA) is 35.9 Å². The Kier molecular flexibility index (Phi) is 6.97. The number of hydrogen-bond donors (Lipinski definition) is 1. The molecule has 1 aromatic carbocycles.